The van der Waals surface area contributed by atoms with E-state index in [9.17, 15) is 4.79 Å². The highest BCUT2D eigenvalue weighted by atomic mass is 16.5. The van der Waals surface area contributed by atoms with Crippen LogP contribution in [0.25, 0.3) is 33.3 Å². The number of benzene rings is 1. The van der Waals surface area contributed by atoms with E-state index < -0.39 is 0 Å². The Morgan fingerprint density at radius 3 is 2.67 bits per heavy atom. The molecule has 0 fully saturated rings. The molecule has 186 valence electrons. The summed E-state index contributed by atoms with van der Waals surface area (Å²) in [6.45, 7) is 13.1. The fraction of sp³-hybridized carbons (Fsp3) is 0.276. The maximum Gasteiger partial charge on any atom is 0.247 e. The number of amides is 1. The normalized spacial score (nSPS) is 12.4. The Labute approximate surface area is 212 Å². The summed E-state index contributed by atoms with van der Waals surface area (Å²) in [6, 6.07) is 12.4. The van der Waals surface area contributed by atoms with Crippen molar-refractivity contribution in [2.45, 2.75) is 40.3 Å². The maximum atomic E-state index is 12.1. The van der Waals surface area contributed by atoms with E-state index in [1.165, 1.54) is 6.08 Å². The fourth-order valence-corrected chi connectivity index (χ4v) is 3.89. The third-order valence-corrected chi connectivity index (χ3v) is 6.48. The van der Waals surface area contributed by atoms with Crippen LogP contribution in [0.1, 0.15) is 33.3 Å². The molecule has 0 bridgehead atoms. The lowest BCUT2D eigenvalue weighted by molar-refractivity contribution is -0.111. The molecule has 1 unspecified atom stereocenters. The van der Waals surface area contributed by atoms with Crippen molar-refractivity contribution >= 4 is 22.6 Å². The first-order valence-corrected chi connectivity index (χ1v) is 12.0. The summed E-state index contributed by atoms with van der Waals surface area (Å²) < 4.78 is 5.30. The van der Waals surface area contributed by atoms with Crippen LogP contribution >= 0.6 is 0 Å². The Kier molecular flexibility index (Phi) is 7.22. The maximum absolute atomic E-state index is 12.1. The first-order chi connectivity index (χ1) is 17.2. The first-order valence-electron chi connectivity index (χ1n) is 12.0. The second-order valence-corrected chi connectivity index (χ2v) is 9.99. The largest absolute Gasteiger partial charge is 0.481 e. The second kappa shape index (κ2) is 10.3. The first kappa shape index (κ1) is 25.1. The molecule has 3 heterocycles. The summed E-state index contributed by atoms with van der Waals surface area (Å²) >= 11 is 0. The minimum Gasteiger partial charge on any atom is -0.481 e. The zero-order valence-electron chi connectivity index (χ0n) is 21.5. The molecule has 0 spiro atoms. The monoisotopic (exact) mass is 483 g/mol. The van der Waals surface area contributed by atoms with Crippen molar-refractivity contribution in [1.29, 1.82) is 0 Å². The smallest absolute Gasteiger partial charge is 0.247 e. The standard InChI is InChI=1S/C29H33N5O2/c1-7-26(35)34-23-11-19(15-31-18(2)29(3,4)5)10-21(12-23)22-13-24-25(17-33-28(24)32-16-22)20-8-9-30-27(14-20)36-6/h7-14,16-18,31H,1,15H2,2-6H3,(H,32,33)(H,34,35). The highest BCUT2D eigenvalue weighted by Gasteiger charge is 2.19. The van der Waals surface area contributed by atoms with Crippen LogP contribution in [-0.4, -0.2) is 34.0 Å². The SMILES string of the molecule is C=CC(=O)Nc1cc(CNC(C)C(C)(C)C)cc(-c2cnc3[nH]cc(-c4ccnc(OC)c4)c3c2)c1. The average molecular weight is 484 g/mol. The summed E-state index contributed by atoms with van der Waals surface area (Å²) in [6.07, 6.45) is 6.79. The number of aromatic nitrogens is 3. The van der Waals surface area contributed by atoms with Gasteiger partial charge in [0.15, 0.2) is 0 Å². The van der Waals surface area contributed by atoms with Gasteiger partial charge in [0.25, 0.3) is 0 Å². The molecule has 3 N–H and O–H groups in total. The highest BCUT2D eigenvalue weighted by Crippen LogP contribution is 2.33. The number of nitrogens with zero attached hydrogens (tertiary/aromatic N) is 2. The zero-order valence-corrected chi connectivity index (χ0v) is 21.5. The van der Waals surface area contributed by atoms with Crippen LogP contribution < -0.4 is 15.4 Å². The average Bonchev–Trinajstić information content (AvgIpc) is 3.29. The Bertz CT molecular complexity index is 1400. The molecule has 1 atom stereocenters. The molecule has 0 saturated carbocycles. The number of hydrogen-bond acceptors (Lipinski definition) is 5. The predicted molar refractivity (Wildman–Crippen MR) is 146 cm³/mol. The van der Waals surface area contributed by atoms with Gasteiger partial charge in [0.2, 0.25) is 11.8 Å². The van der Waals surface area contributed by atoms with Crippen LogP contribution in [-0.2, 0) is 11.3 Å². The molecule has 0 aliphatic heterocycles. The van der Waals surface area contributed by atoms with Gasteiger partial charge in [-0.05, 0) is 65.4 Å². The van der Waals surface area contributed by atoms with Crippen molar-refractivity contribution in [3.05, 3.63) is 73.2 Å². The van der Waals surface area contributed by atoms with E-state index in [4.69, 9.17) is 4.74 Å². The lowest BCUT2D eigenvalue weighted by Crippen LogP contribution is -2.37. The van der Waals surface area contributed by atoms with Gasteiger partial charge in [-0.3, -0.25) is 4.79 Å². The molecule has 7 heteroatoms. The fourth-order valence-electron chi connectivity index (χ4n) is 3.89. The molecule has 0 aliphatic carbocycles. The van der Waals surface area contributed by atoms with E-state index in [1.54, 1.807) is 13.3 Å². The highest BCUT2D eigenvalue weighted by molar-refractivity contribution is 6.00. The van der Waals surface area contributed by atoms with Crippen molar-refractivity contribution in [2.75, 3.05) is 12.4 Å². The number of fused-ring (bicyclic) bond motifs is 1. The topological polar surface area (TPSA) is 91.9 Å². The van der Waals surface area contributed by atoms with E-state index in [0.29, 0.717) is 24.2 Å². The number of rotatable bonds is 8. The van der Waals surface area contributed by atoms with E-state index in [1.807, 2.05) is 36.7 Å². The molecule has 4 aromatic rings. The van der Waals surface area contributed by atoms with Crippen LogP contribution in [0.5, 0.6) is 5.88 Å². The summed E-state index contributed by atoms with van der Waals surface area (Å²) in [5.74, 6) is 0.306. The Morgan fingerprint density at radius 1 is 1.14 bits per heavy atom. The summed E-state index contributed by atoms with van der Waals surface area (Å²) in [5, 5.41) is 7.51. The zero-order chi connectivity index (χ0) is 25.9. The van der Waals surface area contributed by atoms with Gasteiger partial charge >= 0.3 is 0 Å². The number of pyridine rings is 2. The molecule has 3 aromatic heterocycles. The van der Waals surface area contributed by atoms with E-state index in [2.05, 4.69) is 72.0 Å². The molecule has 0 aliphatic rings. The van der Waals surface area contributed by atoms with Gasteiger partial charge in [0.1, 0.15) is 5.65 Å². The van der Waals surface area contributed by atoms with Crippen molar-refractivity contribution < 1.29 is 9.53 Å². The number of methoxy groups -OCH3 is 1. The number of anilines is 1. The molecule has 1 aromatic carbocycles. The molecule has 1 amide bonds. The lowest BCUT2D eigenvalue weighted by atomic mass is 9.88. The van der Waals surface area contributed by atoms with E-state index in [-0.39, 0.29) is 11.3 Å². The summed E-state index contributed by atoms with van der Waals surface area (Å²) in [7, 11) is 1.60. The van der Waals surface area contributed by atoms with Crippen LogP contribution in [0.3, 0.4) is 0 Å². The van der Waals surface area contributed by atoms with Crippen LogP contribution in [0.2, 0.25) is 0 Å². The molecule has 4 rings (SSSR count). The van der Waals surface area contributed by atoms with Crippen molar-refractivity contribution in [1.82, 2.24) is 20.3 Å². The number of ether oxygens (including phenoxy) is 1. The third-order valence-electron chi connectivity index (χ3n) is 6.48. The molecular weight excluding hydrogens is 450 g/mol. The number of aromatic amines is 1. The molecule has 36 heavy (non-hydrogen) atoms. The van der Waals surface area contributed by atoms with Gasteiger partial charge in [-0.25, -0.2) is 9.97 Å². The number of hydrogen-bond donors (Lipinski definition) is 3. The summed E-state index contributed by atoms with van der Waals surface area (Å²) in [4.78, 5) is 24.2. The predicted octanol–water partition coefficient (Wildman–Crippen LogP) is 5.95. The van der Waals surface area contributed by atoms with Crippen molar-refractivity contribution in [3.63, 3.8) is 0 Å². The molecule has 0 saturated heterocycles. The number of nitrogens with one attached hydrogen (secondary N) is 3. The molecule has 0 radical (unpaired) electrons. The van der Waals surface area contributed by atoms with Crippen molar-refractivity contribution in [3.8, 4) is 28.1 Å². The van der Waals surface area contributed by atoms with Gasteiger partial charge in [-0.1, -0.05) is 27.4 Å². The number of carbonyl (C=O) groups is 1. The van der Waals surface area contributed by atoms with Crippen LogP contribution in [0.4, 0.5) is 5.69 Å². The van der Waals surface area contributed by atoms with Crippen LogP contribution in [0, 0.1) is 5.41 Å². The van der Waals surface area contributed by atoms with E-state index in [0.717, 1.165) is 38.9 Å². The Morgan fingerprint density at radius 2 is 1.94 bits per heavy atom. The minimum atomic E-state index is -0.248. The summed E-state index contributed by atoms with van der Waals surface area (Å²) in [5.41, 5.74) is 6.61. The Hall–Kier alpha value is -3.97. The van der Waals surface area contributed by atoms with E-state index >= 15 is 0 Å². The van der Waals surface area contributed by atoms with Gasteiger partial charge in [-0.2, -0.15) is 0 Å². The lowest BCUT2D eigenvalue weighted by Gasteiger charge is -2.28. The number of H-pyrrole nitrogens is 1. The third kappa shape index (κ3) is 5.63. The van der Waals surface area contributed by atoms with Gasteiger partial charge in [0.05, 0.1) is 7.11 Å². The minimum absolute atomic E-state index is 0.132. The van der Waals surface area contributed by atoms with Crippen molar-refractivity contribution in [2.24, 2.45) is 5.41 Å². The molecule has 7 nitrogen and oxygen atoms in total. The van der Waals surface area contributed by atoms with Gasteiger partial charge in [-0.15, -0.1) is 0 Å². The number of carbonyl (C=O) groups excluding carboxylic acids is 1. The Balaban J connectivity index is 1.74. The van der Waals surface area contributed by atoms with Gasteiger partial charge < -0.3 is 20.4 Å². The van der Waals surface area contributed by atoms with Gasteiger partial charge in [0, 0.05) is 59.4 Å². The second-order valence-electron chi connectivity index (χ2n) is 9.99. The quantitative estimate of drug-likeness (QED) is 0.269. The molecular formula is C29H33N5O2. The van der Waals surface area contributed by atoms with Crippen LogP contribution in [0.15, 0.2) is 67.6 Å².